The van der Waals surface area contributed by atoms with E-state index in [9.17, 15) is 34.2 Å². The van der Waals surface area contributed by atoms with Crippen LogP contribution >= 0.6 is 0 Å². The van der Waals surface area contributed by atoms with E-state index < -0.39 is 59.2 Å². The van der Waals surface area contributed by atoms with Crippen LogP contribution in [0.5, 0.6) is 5.75 Å². The Hall–Kier alpha value is -1.76. The average Bonchev–Trinajstić information content (AvgIpc) is 2.52. The first-order chi connectivity index (χ1) is 12.3. The molecule has 1 aromatic rings. The van der Waals surface area contributed by atoms with E-state index in [2.05, 4.69) is 4.99 Å². The number of amides is 7. The van der Waals surface area contributed by atoms with Crippen LogP contribution in [-0.4, -0.2) is 35.7 Å². The van der Waals surface area contributed by atoms with E-state index in [1.807, 2.05) is 16.0 Å². The van der Waals surface area contributed by atoms with Gasteiger partial charge in [0.2, 0.25) is 17.7 Å². The number of carbonyl (C=O) groups excluding carboxylic acids is 5. The molecule has 3 N–H and O–H groups in total. The molecule has 0 aromatic heterocycles. The molecule has 3 rings (SSSR count). The summed E-state index contributed by atoms with van der Waals surface area (Å²) in [6, 6.07) is 2.94. The van der Waals surface area contributed by atoms with Gasteiger partial charge < -0.3 is 10.2 Å². The SMILES string of the molecule is O=C1N=C([O-])C(C(c2ccccc2[O-])C2C(=O)NC(=O)NC2=O)C(=O)N1.[Na+].[Na+]. The van der Waals surface area contributed by atoms with Gasteiger partial charge in [-0.25, -0.2) is 14.6 Å². The van der Waals surface area contributed by atoms with Crippen LogP contribution in [0.2, 0.25) is 0 Å². The summed E-state index contributed by atoms with van der Waals surface area (Å²) in [4.78, 5) is 62.3. The number of imide groups is 3. The Morgan fingerprint density at radius 1 is 0.821 bits per heavy atom. The second-order valence-electron chi connectivity index (χ2n) is 5.57. The fourth-order valence-electron chi connectivity index (χ4n) is 2.97. The maximum Gasteiger partial charge on any atom is 1.00 e. The third-order valence-corrected chi connectivity index (χ3v) is 4.03. The van der Waals surface area contributed by atoms with Crippen molar-refractivity contribution in [3.8, 4) is 5.75 Å². The number of para-hydroxylation sites is 1. The van der Waals surface area contributed by atoms with Crippen LogP contribution in [0, 0.1) is 11.8 Å². The largest absolute Gasteiger partial charge is 1.00 e. The maximum atomic E-state index is 12.2. The first-order valence-corrected chi connectivity index (χ1v) is 7.31. The van der Waals surface area contributed by atoms with E-state index in [-0.39, 0.29) is 64.7 Å². The molecular weight excluding hydrogens is 394 g/mol. The van der Waals surface area contributed by atoms with Crippen molar-refractivity contribution in [2.45, 2.75) is 5.92 Å². The molecule has 0 spiro atoms. The van der Waals surface area contributed by atoms with Crippen LogP contribution in [0.3, 0.4) is 0 Å². The number of aliphatic imine (C=N–C) groups is 1. The number of hydrogen-bond acceptors (Lipinski definition) is 7. The quantitative estimate of drug-likeness (QED) is 0.330. The van der Waals surface area contributed by atoms with Crippen LogP contribution in [0.1, 0.15) is 11.5 Å². The molecule has 2 aliphatic heterocycles. The van der Waals surface area contributed by atoms with E-state index in [0.29, 0.717) is 0 Å². The monoisotopic (exact) mass is 404 g/mol. The Morgan fingerprint density at radius 2 is 1.36 bits per heavy atom. The summed E-state index contributed by atoms with van der Waals surface area (Å²) in [5.41, 5.74) is -0.171. The molecule has 2 heterocycles. The standard InChI is InChI=1S/C15H12N4O7.2Na/c20-6-4-2-1-3-5(6)7(8-10(21)16-14(25)17-11(8)22)9-12(23)18-15(26)19-13(9)24;;/h1-4,7-9,20H,(H2,16,17,21,22,25)(H2,18,19,23,24,26);;/q;2*+1/p-2. The van der Waals surface area contributed by atoms with Gasteiger partial charge in [-0.05, 0) is 5.90 Å². The molecular formula is C15H10N4Na2O7. The summed E-state index contributed by atoms with van der Waals surface area (Å²) in [7, 11) is 0. The van der Waals surface area contributed by atoms with Gasteiger partial charge in [0.15, 0.2) is 0 Å². The number of nitrogens with zero attached hydrogens (tertiary/aromatic N) is 1. The van der Waals surface area contributed by atoms with Crippen molar-refractivity contribution < 1.29 is 93.3 Å². The van der Waals surface area contributed by atoms with Crippen LogP contribution in [0.15, 0.2) is 29.3 Å². The number of barbiturate groups is 1. The maximum absolute atomic E-state index is 12.2. The van der Waals surface area contributed by atoms with E-state index in [0.717, 1.165) is 6.07 Å². The molecule has 134 valence electrons. The summed E-state index contributed by atoms with van der Waals surface area (Å²) >= 11 is 0. The molecule has 2 unspecified atom stereocenters. The summed E-state index contributed by atoms with van der Waals surface area (Å²) in [5.74, 6) is -10.1. The van der Waals surface area contributed by atoms with E-state index >= 15 is 0 Å². The van der Waals surface area contributed by atoms with Crippen LogP contribution in [0.25, 0.3) is 0 Å². The number of carbonyl (C=O) groups is 5. The van der Waals surface area contributed by atoms with E-state index in [1.54, 1.807) is 0 Å². The Bertz CT molecular complexity index is 869. The molecule has 28 heavy (non-hydrogen) atoms. The Balaban J connectivity index is 0.00000196. The molecule has 1 aromatic carbocycles. The van der Waals surface area contributed by atoms with Crippen LogP contribution in [0.4, 0.5) is 9.59 Å². The summed E-state index contributed by atoms with van der Waals surface area (Å²) in [5, 5.41) is 29.9. The topological polar surface area (TPSA) is 180 Å². The first kappa shape index (κ1) is 24.3. The first-order valence-electron chi connectivity index (χ1n) is 7.31. The van der Waals surface area contributed by atoms with Gasteiger partial charge in [0.25, 0.3) is 0 Å². The molecule has 2 aliphatic rings. The molecule has 2 atom stereocenters. The summed E-state index contributed by atoms with van der Waals surface area (Å²) in [6.45, 7) is 0. The van der Waals surface area contributed by atoms with Crippen molar-refractivity contribution in [2.75, 3.05) is 0 Å². The predicted molar refractivity (Wildman–Crippen MR) is 78.3 cm³/mol. The Labute approximate surface area is 201 Å². The van der Waals surface area contributed by atoms with Crippen LogP contribution < -0.4 is 85.3 Å². The zero-order chi connectivity index (χ0) is 19.0. The molecule has 1 fully saturated rings. The second-order valence-corrected chi connectivity index (χ2v) is 5.57. The van der Waals surface area contributed by atoms with Gasteiger partial charge in [-0.15, -0.1) is 5.75 Å². The summed E-state index contributed by atoms with van der Waals surface area (Å²) < 4.78 is 0. The van der Waals surface area contributed by atoms with E-state index in [4.69, 9.17) is 0 Å². The van der Waals surface area contributed by atoms with Gasteiger partial charge in [0.1, 0.15) is 5.92 Å². The Morgan fingerprint density at radius 3 is 1.89 bits per heavy atom. The fraction of sp³-hybridized carbons (Fsp3) is 0.200. The molecule has 1 saturated heterocycles. The third-order valence-electron chi connectivity index (χ3n) is 4.03. The smallest absolute Gasteiger partial charge is 0.872 e. The number of nitrogens with one attached hydrogen (secondary N) is 3. The fourth-order valence-corrected chi connectivity index (χ4v) is 2.97. The van der Waals surface area contributed by atoms with Crippen LogP contribution in [-0.2, 0) is 14.4 Å². The van der Waals surface area contributed by atoms with Gasteiger partial charge in [0, 0.05) is 5.92 Å². The summed E-state index contributed by atoms with van der Waals surface area (Å²) in [6.07, 6.45) is 0. The van der Waals surface area contributed by atoms with Crippen molar-refractivity contribution in [1.82, 2.24) is 16.0 Å². The van der Waals surface area contributed by atoms with Crippen molar-refractivity contribution in [3.05, 3.63) is 29.8 Å². The number of urea groups is 2. The minimum atomic E-state index is -1.77. The van der Waals surface area contributed by atoms with Gasteiger partial charge in [0.05, 0.1) is 5.92 Å². The number of rotatable bonds is 3. The molecule has 0 saturated carbocycles. The average molecular weight is 404 g/mol. The van der Waals surface area contributed by atoms with Gasteiger partial charge >= 0.3 is 71.2 Å². The molecule has 0 aliphatic carbocycles. The molecule has 13 heteroatoms. The minimum absolute atomic E-state index is 0. The van der Waals surface area contributed by atoms with E-state index in [1.165, 1.54) is 18.2 Å². The normalized spacial score (nSPS) is 20.6. The zero-order valence-corrected chi connectivity index (χ0v) is 18.8. The van der Waals surface area contributed by atoms with Crippen molar-refractivity contribution in [2.24, 2.45) is 16.8 Å². The minimum Gasteiger partial charge on any atom is -0.872 e. The molecule has 0 bridgehead atoms. The van der Waals surface area contributed by atoms with Crippen molar-refractivity contribution in [1.29, 1.82) is 0 Å². The molecule has 7 amide bonds. The van der Waals surface area contributed by atoms with Crippen molar-refractivity contribution in [3.63, 3.8) is 0 Å². The third kappa shape index (κ3) is 4.62. The second kappa shape index (κ2) is 9.63. The number of hydrogen-bond donors (Lipinski definition) is 3. The zero-order valence-electron chi connectivity index (χ0n) is 14.8. The predicted octanol–water partition coefficient (Wildman–Crippen LogP) is -8.54. The molecule has 11 nitrogen and oxygen atoms in total. The van der Waals surface area contributed by atoms with Gasteiger partial charge in [-0.2, -0.15) is 0 Å². The van der Waals surface area contributed by atoms with Gasteiger partial charge in [-0.3, -0.25) is 30.3 Å². The Kier molecular flexibility index (Phi) is 8.35. The number of benzene rings is 1. The van der Waals surface area contributed by atoms with Crippen molar-refractivity contribution >= 4 is 35.7 Å². The van der Waals surface area contributed by atoms with Gasteiger partial charge in [-0.1, -0.05) is 29.8 Å². The molecule has 0 radical (unpaired) electrons.